The van der Waals surface area contributed by atoms with Gasteiger partial charge in [0, 0.05) is 11.5 Å². The minimum Gasteiger partial charge on any atom is -0.497 e. The molecule has 0 unspecified atom stereocenters. The van der Waals surface area contributed by atoms with Crippen LogP contribution in [-0.2, 0) is 0 Å². The van der Waals surface area contributed by atoms with Crippen LogP contribution >= 0.6 is 0 Å². The number of rotatable bonds is 3. The van der Waals surface area contributed by atoms with Crippen molar-refractivity contribution in [3.05, 3.63) is 95.1 Å². The lowest BCUT2D eigenvalue weighted by atomic mass is 9.82. The van der Waals surface area contributed by atoms with Crippen molar-refractivity contribution in [2.24, 2.45) is 0 Å². The summed E-state index contributed by atoms with van der Waals surface area (Å²) in [6, 6.07) is 25.3. The number of benzene rings is 3. The zero-order valence-electron chi connectivity index (χ0n) is 14.6. The van der Waals surface area contributed by atoms with E-state index in [2.05, 4.69) is 61.5 Å². The molecule has 0 amide bonds. The molecular weight excluding hydrogens is 308 g/mol. The number of fused-ring (bicyclic) bond motifs is 1. The first-order valence-electron chi connectivity index (χ1n) is 8.71. The lowest BCUT2D eigenvalue weighted by Crippen LogP contribution is -2.20. The van der Waals surface area contributed by atoms with Gasteiger partial charge in [-0.1, -0.05) is 54.6 Å². The second-order valence-electron chi connectivity index (χ2n) is 6.56. The van der Waals surface area contributed by atoms with E-state index in [1.54, 1.807) is 7.11 Å². The van der Waals surface area contributed by atoms with Crippen LogP contribution in [0.1, 0.15) is 40.7 Å². The van der Waals surface area contributed by atoms with Gasteiger partial charge in [-0.2, -0.15) is 0 Å². The Kier molecular flexibility index (Phi) is 4.19. The number of methoxy groups -OCH3 is 1. The predicted octanol–water partition coefficient (Wildman–Crippen LogP) is 5.66. The highest BCUT2D eigenvalue weighted by Crippen LogP contribution is 2.45. The molecule has 2 nitrogen and oxygen atoms in total. The molecule has 2 atom stereocenters. The first kappa shape index (κ1) is 15.8. The maximum Gasteiger partial charge on any atom is 0.125 e. The molecule has 0 saturated heterocycles. The number of aryl methyl sites for hydroxylation is 1. The van der Waals surface area contributed by atoms with E-state index >= 15 is 0 Å². The van der Waals surface area contributed by atoms with Crippen molar-refractivity contribution in [1.82, 2.24) is 0 Å². The van der Waals surface area contributed by atoms with E-state index in [-0.39, 0.29) is 6.10 Å². The molecule has 3 aromatic rings. The zero-order chi connectivity index (χ0) is 17.2. The Morgan fingerprint density at radius 1 is 0.840 bits per heavy atom. The van der Waals surface area contributed by atoms with E-state index in [1.165, 1.54) is 22.3 Å². The molecule has 0 bridgehead atoms. The summed E-state index contributed by atoms with van der Waals surface area (Å²) in [4.78, 5) is 0. The molecule has 0 radical (unpaired) electrons. The molecule has 0 aliphatic carbocycles. The molecule has 126 valence electrons. The van der Waals surface area contributed by atoms with Gasteiger partial charge in [0.15, 0.2) is 0 Å². The van der Waals surface area contributed by atoms with Gasteiger partial charge in [0.05, 0.1) is 7.11 Å². The van der Waals surface area contributed by atoms with Crippen LogP contribution in [0.5, 0.6) is 11.5 Å². The van der Waals surface area contributed by atoms with Gasteiger partial charge >= 0.3 is 0 Å². The largest absolute Gasteiger partial charge is 0.497 e. The van der Waals surface area contributed by atoms with Crippen molar-refractivity contribution in [3.8, 4) is 11.5 Å². The van der Waals surface area contributed by atoms with Gasteiger partial charge < -0.3 is 9.47 Å². The summed E-state index contributed by atoms with van der Waals surface area (Å²) >= 11 is 0. The van der Waals surface area contributed by atoms with E-state index in [0.717, 1.165) is 17.9 Å². The summed E-state index contributed by atoms with van der Waals surface area (Å²) in [5, 5.41) is 0. The Labute approximate surface area is 149 Å². The minimum absolute atomic E-state index is 0.0724. The average Bonchev–Trinajstić information content (AvgIpc) is 2.67. The third-order valence-electron chi connectivity index (χ3n) is 5.07. The number of ether oxygens (including phenoxy) is 2. The van der Waals surface area contributed by atoms with E-state index in [9.17, 15) is 0 Å². The molecule has 1 aliphatic rings. The molecule has 1 heterocycles. The van der Waals surface area contributed by atoms with Crippen LogP contribution in [-0.4, -0.2) is 7.11 Å². The fourth-order valence-electron chi connectivity index (χ4n) is 3.71. The Balaban J connectivity index is 1.75. The fourth-order valence-corrected chi connectivity index (χ4v) is 3.71. The van der Waals surface area contributed by atoms with Gasteiger partial charge in [-0.25, -0.2) is 0 Å². The standard InChI is InChI=1S/C23H22O2/c1-16-7-3-4-8-19(16)23-15-21(17-11-13-18(24-2)14-12-17)20-9-5-6-10-22(20)25-23/h3-14,21,23H,15H2,1-2H3/t21-,23+/m0/s1. The predicted molar refractivity (Wildman–Crippen MR) is 100 cm³/mol. The lowest BCUT2D eigenvalue weighted by Gasteiger charge is -2.33. The number of para-hydroxylation sites is 1. The second kappa shape index (κ2) is 6.64. The second-order valence-corrected chi connectivity index (χ2v) is 6.56. The molecule has 0 fully saturated rings. The molecule has 25 heavy (non-hydrogen) atoms. The third-order valence-corrected chi connectivity index (χ3v) is 5.07. The lowest BCUT2D eigenvalue weighted by molar-refractivity contribution is 0.167. The Morgan fingerprint density at radius 3 is 2.24 bits per heavy atom. The SMILES string of the molecule is COc1ccc([C@@H]2C[C@H](c3ccccc3C)Oc3ccccc32)cc1. The highest BCUT2D eigenvalue weighted by Gasteiger charge is 2.30. The van der Waals surface area contributed by atoms with Crippen LogP contribution in [0.25, 0.3) is 0 Å². The van der Waals surface area contributed by atoms with Crippen molar-refractivity contribution in [1.29, 1.82) is 0 Å². The summed E-state index contributed by atoms with van der Waals surface area (Å²) in [6.45, 7) is 2.15. The van der Waals surface area contributed by atoms with Crippen LogP contribution in [0.3, 0.4) is 0 Å². The molecular formula is C23H22O2. The molecule has 1 aliphatic heterocycles. The van der Waals surface area contributed by atoms with Crippen molar-refractivity contribution >= 4 is 0 Å². The minimum atomic E-state index is 0.0724. The Hall–Kier alpha value is -2.74. The number of hydrogen-bond acceptors (Lipinski definition) is 2. The van der Waals surface area contributed by atoms with Crippen molar-refractivity contribution in [2.45, 2.75) is 25.4 Å². The van der Waals surface area contributed by atoms with Crippen molar-refractivity contribution in [3.63, 3.8) is 0 Å². The van der Waals surface area contributed by atoms with E-state index < -0.39 is 0 Å². The topological polar surface area (TPSA) is 18.5 Å². The fraction of sp³-hybridized carbons (Fsp3) is 0.217. The molecule has 4 rings (SSSR count). The summed E-state index contributed by atoms with van der Waals surface area (Å²) in [7, 11) is 1.70. The molecule has 0 spiro atoms. The van der Waals surface area contributed by atoms with Crippen LogP contribution in [0.4, 0.5) is 0 Å². The van der Waals surface area contributed by atoms with Gasteiger partial charge in [-0.05, 0) is 48.2 Å². The highest BCUT2D eigenvalue weighted by atomic mass is 16.5. The van der Waals surface area contributed by atoms with E-state index in [4.69, 9.17) is 9.47 Å². The average molecular weight is 330 g/mol. The maximum absolute atomic E-state index is 6.37. The summed E-state index contributed by atoms with van der Waals surface area (Å²) in [6.07, 6.45) is 1.01. The summed E-state index contributed by atoms with van der Waals surface area (Å²) in [5.41, 5.74) is 5.11. The highest BCUT2D eigenvalue weighted by molar-refractivity contribution is 5.46. The summed E-state index contributed by atoms with van der Waals surface area (Å²) in [5.74, 6) is 2.20. The molecule has 0 aromatic heterocycles. The number of hydrogen-bond donors (Lipinski definition) is 0. The van der Waals surface area contributed by atoms with Crippen molar-refractivity contribution < 1.29 is 9.47 Å². The molecule has 3 aromatic carbocycles. The zero-order valence-corrected chi connectivity index (χ0v) is 14.6. The Morgan fingerprint density at radius 2 is 1.52 bits per heavy atom. The normalized spacial score (nSPS) is 19.0. The third kappa shape index (κ3) is 3.00. The van der Waals surface area contributed by atoms with Crippen LogP contribution in [0.2, 0.25) is 0 Å². The van der Waals surface area contributed by atoms with Crippen LogP contribution in [0.15, 0.2) is 72.8 Å². The summed E-state index contributed by atoms with van der Waals surface area (Å²) < 4.78 is 11.7. The van der Waals surface area contributed by atoms with E-state index in [0.29, 0.717) is 5.92 Å². The van der Waals surface area contributed by atoms with Gasteiger partial charge in [-0.15, -0.1) is 0 Å². The Bertz CT molecular complexity index is 867. The van der Waals surface area contributed by atoms with Gasteiger partial charge in [0.2, 0.25) is 0 Å². The first-order valence-corrected chi connectivity index (χ1v) is 8.71. The van der Waals surface area contributed by atoms with Crippen molar-refractivity contribution in [2.75, 3.05) is 7.11 Å². The monoisotopic (exact) mass is 330 g/mol. The first-order chi connectivity index (χ1) is 12.3. The van der Waals surface area contributed by atoms with Gasteiger partial charge in [0.1, 0.15) is 17.6 Å². The van der Waals surface area contributed by atoms with Crippen LogP contribution < -0.4 is 9.47 Å². The molecule has 0 saturated carbocycles. The van der Waals surface area contributed by atoms with E-state index in [1.807, 2.05) is 18.2 Å². The quantitative estimate of drug-likeness (QED) is 0.617. The van der Waals surface area contributed by atoms with Gasteiger partial charge in [-0.3, -0.25) is 0 Å². The maximum atomic E-state index is 6.37. The smallest absolute Gasteiger partial charge is 0.125 e. The van der Waals surface area contributed by atoms with Crippen LogP contribution in [0, 0.1) is 6.92 Å². The van der Waals surface area contributed by atoms with Gasteiger partial charge in [0.25, 0.3) is 0 Å². The molecule has 2 heteroatoms. The molecule has 0 N–H and O–H groups in total.